The third-order valence-electron chi connectivity index (χ3n) is 2.79. The highest BCUT2D eigenvalue weighted by molar-refractivity contribution is 7.87. The number of hydrogen-bond acceptors (Lipinski definition) is 5. The summed E-state index contributed by atoms with van der Waals surface area (Å²) < 4.78 is 36.9. The van der Waals surface area contributed by atoms with E-state index in [0.717, 1.165) is 17.1 Å². The summed E-state index contributed by atoms with van der Waals surface area (Å²) in [6.07, 6.45) is 1.82. The molecule has 0 aromatic heterocycles. The molecule has 0 saturated carbocycles. The normalized spacial score (nSPS) is 20.3. The van der Waals surface area contributed by atoms with Gasteiger partial charge in [-0.15, -0.1) is 0 Å². The zero-order valence-electron chi connectivity index (χ0n) is 10.7. The van der Waals surface area contributed by atoms with Crippen molar-refractivity contribution < 1.29 is 22.7 Å². The van der Waals surface area contributed by atoms with Gasteiger partial charge in [-0.2, -0.15) is 17.4 Å². The number of ether oxygens (including phenoxy) is 2. The molecule has 1 fully saturated rings. The molecule has 0 aromatic carbocycles. The number of esters is 1. The molecule has 1 heterocycles. The van der Waals surface area contributed by atoms with Gasteiger partial charge < -0.3 is 9.47 Å². The topological polar surface area (TPSA) is 84.9 Å². The summed E-state index contributed by atoms with van der Waals surface area (Å²) in [5.41, 5.74) is 0. The van der Waals surface area contributed by atoms with Crippen molar-refractivity contribution in [2.24, 2.45) is 0 Å². The summed E-state index contributed by atoms with van der Waals surface area (Å²) in [7, 11) is -0.868. The van der Waals surface area contributed by atoms with Gasteiger partial charge in [0.2, 0.25) is 0 Å². The highest BCUT2D eigenvalue weighted by Crippen LogP contribution is 2.11. The summed E-state index contributed by atoms with van der Waals surface area (Å²) >= 11 is 0. The fourth-order valence-electron chi connectivity index (χ4n) is 1.58. The van der Waals surface area contributed by atoms with Crippen LogP contribution in [0, 0.1) is 0 Å². The zero-order valence-corrected chi connectivity index (χ0v) is 11.5. The molecule has 1 N–H and O–H groups in total. The van der Waals surface area contributed by atoms with Gasteiger partial charge in [-0.25, -0.2) is 0 Å². The van der Waals surface area contributed by atoms with Gasteiger partial charge in [-0.05, 0) is 12.8 Å². The fourth-order valence-corrected chi connectivity index (χ4v) is 2.53. The van der Waals surface area contributed by atoms with Crippen LogP contribution in [-0.2, 0) is 24.5 Å². The van der Waals surface area contributed by atoms with E-state index in [4.69, 9.17) is 4.74 Å². The Bertz CT molecular complexity index is 364. The summed E-state index contributed by atoms with van der Waals surface area (Å²) in [5, 5.41) is 0. The number of carbonyl (C=O) groups excluding carboxylic acids is 1. The van der Waals surface area contributed by atoms with E-state index in [1.165, 1.54) is 14.2 Å². The zero-order chi connectivity index (χ0) is 13.6. The summed E-state index contributed by atoms with van der Waals surface area (Å²) in [6.45, 7) is 1.04. The molecule has 1 rings (SSSR count). The predicted octanol–water partition coefficient (Wildman–Crippen LogP) is -0.505. The second kappa shape index (κ2) is 7.03. The second-order valence-corrected chi connectivity index (χ2v) is 6.00. The minimum Gasteiger partial charge on any atom is -0.469 e. The first-order valence-electron chi connectivity index (χ1n) is 5.85. The van der Waals surface area contributed by atoms with Crippen LogP contribution in [0.1, 0.15) is 19.3 Å². The lowest BCUT2D eigenvalue weighted by Crippen LogP contribution is -2.42. The quantitative estimate of drug-likeness (QED) is 0.635. The number of carbonyl (C=O) groups is 1. The first-order valence-corrected chi connectivity index (χ1v) is 7.29. The van der Waals surface area contributed by atoms with Crippen LogP contribution >= 0.6 is 0 Å². The highest BCUT2D eigenvalue weighted by Gasteiger charge is 2.22. The number of nitrogens with one attached hydrogen (secondary N) is 1. The van der Waals surface area contributed by atoms with Crippen LogP contribution in [0.3, 0.4) is 0 Å². The van der Waals surface area contributed by atoms with Gasteiger partial charge >= 0.3 is 5.97 Å². The lowest BCUT2D eigenvalue weighted by atomic mass is 10.2. The Morgan fingerprint density at radius 2 is 2.28 bits per heavy atom. The fraction of sp³-hybridized carbons (Fsp3) is 0.900. The Balaban J connectivity index is 2.34. The van der Waals surface area contributed by atoms with Gasteiger partial charge in [0, 0.05) is 26.7 Å². The van der Waals surface area contributed by atoms with Gasteiger partial charge in [0.15, 0.2) is 0 Å². The summed E-state index contributed by atoms with van der Waals surface area (Å²) in [6, 6.07) is 0. The lowest BCUT2D eigenvalue weighted by molar-refractivity contribution is -0.140. The van der Waals surface area contributed by atoms with Gasteiger partial charge in [-0.3, -0.25) is 4.79 Å². The molecule has 7 nitrogen and oxygen atoms in total. The van der Waals surface area contributed by atoms with E-state index < -0.39 is 16.2 Å². The number of methoxy groups -OCH3 is 1. The van der Waals surface area contributed by atoms with Crippen LogP contribution < -0.4 is 4.72 Å². The van der Waals surface area contributed by atoms with Crippen molar-refractivity contribution in [2.45, 2.75) is 25.4 Å². The van der Waals surface area contributed by atoms with Crippen molar-refractivity contribution >= 4 is 16.2 Å². The van der Waals surface area contributed by atoms with Crippen molar-refractivity contribution in [1.29, 1.82) is 0 Å². The monoisotopic (exact) mass is 280 g/mol. The molecule has 1 atom stereocenters. The minimum absolute atomic E-state index is 0.0356. The highest BCUT2D eigenvalue weighted by atomic mass is 32.2. The average Bonchev–Trinajstić information content (AvgIpc) is 2.86. The van der Waals surface area contributed by atoms with E-state index in [1.807, 2.05) is 0 Å². The number of rotatable bonds is 7. The first kappa shape index (κ1) is 15.4. The molecule has 18 heavy (non-hydrogen) atoms. The van der Waals surface area contributed by atoms with Crippen LogP contribution in [-0.4, -0.2) is 58.7 Å². The van der Waals surface area contributed by atoms with Crippen LogP contribution in [0.25, 0.3) is 0 Å². The van der Waals surface area contributed by atoms with Gasteiger partial charge in [0.1, 0.15) is 0 Å². The van der Waals surface area contributed by atoms with Crippen molar-refractivity contribution in [3.63, 3.8) is 0 Å². The Labute approximate surface area is 108 Å². The lowest BCUT2D eigenvalue weighted by Gasteiger charge is -2.18. The van der Waals surface area contributed by atoms with E-state index in [2.05, 4.69) is 9.46 Å². The second-order valence-electron chi connectivity index (χ2n) is 4.14. The summed E-state index contributed by atoms with van der Waals surface area (Å²) in [5.74, 6) is -0.434. The molecule has 1 saturated heterocycles. The Morgan fingerprint density at radius 1 is 1.56 bits per heavy atom. The van der Waals surface area contributed by atoms with E-state index in [9.17, 15) is 13.2 Å². The van der Waals surface area contributed by atoms with E-state index in [1.54, 1.807) is 0 Å². The maximum atomic E-state index is 11.8. The molecular formula is C10H20N2O5S. The van der Waals surface area contributed by atoms with Crippen molar-refractivity contribution in [1.82, 2.24) is 9.03 Å². The number of hydrogen-bond donors (Lipinski definition) is 1. The Kier molecular flexibility index (Phi) is 6.00. The molecule has 0 amide bonds. The third-order valence-corrected chi connectivity index (χ3v) is 4.32. The molecule has 1 aliphatic rings. The van der Waals surface area contributed by atoms with Crippen molar-refractivity contribution in [2.75, 3.05) is 33.9 Å². The van der Waals surface area contributed by atoms with Crippen LogP contribution in [0.4, 0.5) is 0 Å². The smallest absolute Gasteiger partial charge is 0.306 e. The third kappa shape index (κ3) is 4.89. The SMILES string of the molecule is COC(=O)CCN(C)S(=O)(=O)NCC1CCCO1. The molecule has 106 valence electrons. The average molecular weight is 280 g/mol. The van der Waals surface area contributed by atoms with Crippen LogP contribution in [0.5, 0.6) is 0 Å². The maximum Gasteiger partial charge on any atom is 0.306 e. The standard InChI is InChI=1S/C10H20N2O5S/c1-12(6-5-10(13)16-2)18(14,15)11-8-9-4-3-7-17-9/h9,11H,3-8H2,1-2H3. The molecule has 1 aliphatic heterocycles. The minimum atomic E-state index is -3.56. The molecule has 0 aromatic rings. The molecule has 1 unspecified atom stereocenters. The number of nitrogens with zero attached hydrogens (tertiary/aromatic N) is 1. The summed E-state index contributed by atoms with van der Waals surface area (Å²) in [4.78, 5) is 10.9. The van der Waals surface area contributed by atoms with Gasteiger partial charge in [0.05, 0.1) is 19.6 Å². The predicted molar refractivity (Wildman–Crippen MR) is 65.2 cm³/mol. The Hall–Kier alpha value is -0.700. The van der Waals surface area contributed by atoms with E-state index in [-0.39, 0.29) is 25.6 Å². The first-order chi connectivity index (χ1) is 8.45. The molecule has 8 heteroatoms. The van der Waals surface area contributed by atoms with Crippen LogP contribution in [0.15, 0.2) is 0 Å². The van der Waals surface area contributed by atoms with Gasteiger partial charge in [-0.1, -0.05) is 0 Å². The Morgan fingerprint density at radius 3 is 2.83 bits per heavy atom. The van der Waals surface area contributed by atoms with Gasteiger partial charge in [0.25, 0.3) is 10.2 Å². The van der Waals surface area contributed by atoms with Crippen molar-refractivity contribution in [3.05, 3.63) is 0 Å². The van der Waals surface area contributed by atoms with E-state index >= 15 is 0 Å². The molecule has 0 radical (unpaired) electrons. The molecular weight excluding hydrogens is 260 g/mol. The van der Waals surface area contributed by atoms with Crippen molar-refractivity contribution in [3.8, 4) is 0 Å². The molecule has 0 spiro atoms. The van der Waals surface area contributed by atoms with Crippen LogP contribution in [0.2, 0.25) is 0 Å². The maximum absolute atomic E-state index is 11.8. The van der Waals surface area contributed by atoms with E-state index in [0.29, 0.717) is 6.61 Å². The largest absolute Gasteiger partial charge is 0.469 e. The molecule has 0 bridgehead atoms. The molecule has 0 aliphatic carbocycles.